The number of nitrogens with two attached hydrogens (primary N) is 1. The fraction of sp³-hybridized carbons (Fsp3) is 0.150. The summed E-state index contributed by atoms with van der Waals surface area (Å²) in [6.45, 7) is 0. The van der Waals surface area contributed by atoms with Crippen molar-refractivity contribution in [2.75, 3.05) is 5.73 Å². The first kappa shape index (κ1) is 14.9. The van der Waals surface area contributed by atoms with Gasteiger partial charge >= 0.3 is 0 Å². The highest BCUT2D eigenvalue weighted by Gasteiger charge is 2.25. The molecule has 0 saturated heterocycles. The fourth-order valence-electron chi connectivity index (χ4n) is 3.31. The molecule has 26 heavy (non-hydrogen) atoms. The minimum atomic E-state index is -0.0249. The molecule has 2 heterocycles. The lowest BCUT2D eigenvalue weighted by molar-refractivity contribution is 0.0953. The van der Waals surface area contributed by atoms with E-state index in [0.717, 1.165) is 45.8 Å². The highest BCUT2D eigenvalue weighted by atomic mass is 16.1. The van der Waals surface area contributed by atoms with Gasteiger partial charge in [-0.2, -0.15) is 0 Å². The molecular formula is C20H17N5O. The molecule has 1 saturated carbocycles. The number of aromatic amines is 1. The van der Waals surface area contributed by atoms with Crippen molar-refractivity contribution in [2.24, 2.45) is 0 Å². The number of H-pyrrole nitrogens is 1. The number of rotatable bonds is 3. The molecule has 128 valence electrons. The van der Waals surface area contributed by atoms with Crippen LogP contribution in [0.4, 0.5) is 5.95 Å². The van der Waals surface area contributed by atoms with Crippen molar-refractivity contribution in [2.45, 2.75) is 18.9 Å². The number of aromatic nitrogens is 3. The van der Waals surface area contributed by atoms with Gasteiger partial charge in [0.15, 0.2) is 0 Å². The minimum Gasteiger partial charge on any atom is -0.368 e. The van der Waals surface area contributed by atoms with Crippen molar-refractivity contribution < 1.29 is 4.79 Å². The Morgan fingerprint density at radius 3 is 2.96 bits per heavy atom. The van der Waals surface area contributed by atoms with Gasteiger partial charge in [-0.15, -0.1) is 0 Å². The Balaban J connectivity index is 1.67. The molecule has 0 atom stereocenters. The number of anilines is 1. The summed E-state index contributed by atoms with van der Waals surface area (Å²) in [6.07, 6.45) is 5.64. The molecule has 6 heteroatoms. The molecule has 1 aliphatic carbocycles. The van der Waals surface area contributed by atoms with Gasteiger partial charge in [0.1, 0.15) is 0 Å². The van der Waals surface area contributed by atoms with Gasteiger partial charge in [-0.05, 0) is 42.2 Å². The summed E-state index contributed by atoms with van der Waals surface area (Å²) in [5, 5.41) is 4.91. The van der Waals surface area contributed by atoms with Crippen LogP contribution in [0, 0.1) is 0 Å². The first-order valence-corrected chi connectivity index (χ1v) is 8.63. The quantitative estimate of drug-likeness (QED) is 0.532. The van der Waals surface area contributed by atoms with Gasteiger partial charge in [-0.3, -0.25) is 4.79 Å². The van der Waals surface area contributed by atoms with E-state index in [2.05, 4.69) is 20.3 Å². The van der Waals surface area contributed by atoms with Crippen LogP contribution in [0.5, 0.6) is 0 Å². The molecule has 0 bridgehead atoms. The largest absolute Gasteiger partial charge is 0.368 e. The fourth-order valence-corrected chi connectivity index (χ4v) is 3.31. The van der Waals surface area contributed by atoms with E-state index in [1.54, 1.807) is 12.4 Å². The van der Waals surface area contributed by atoms with E-state index in [1.165, 1.54) is 0 Å². The first-order valence-electron chi connectivity index (χ1n) is 8.63. The Kier molecular flexibility index (Phi) is 3.18. The van der Waals surface area contributed by atoms with Gasteiger partial charge in [0, 0.05) is 34.7 Å². The van der Waals surface area contributed by atoms with Gasteiger partial charge in [-0.25, -0.2) is 9.97 Å². The molecule has 4 N–H and O–H groups in total. The van der Waals surface area contributed by atoms with Crippen molar-refractivity contribution in [1.29, 1.82) is 0 Å². The van der Waals surface area contributed by atoms with Gasteiger partial charge in [-0.1, -0.05) is 18.2 Å². The van der Waals surface area contributed by atoms with E-state index in [0.29, 0.717) is 11.6 Å². The molecule has 0 radical (unpaired) electrons. The molecule has 0 unspecified atom stereocenters. The van der Waals surface area contributed by atoms with E-state index in [4.69, 9.17) is 5.73 Å². The third-order valence-corrected chi connectivity index (χ3v) is 4.77. The third-order valence-electron chi connectivity index (χ3n) is 4.77. The molecule has 0 aliphatic heterocycles. The van der Waals surface area contributed by atoms with E-state index >= 15 is 0 Å². The zero-order chi connectivity index (χ0) is 17.7. The standard InChI is InChI=1S/C20H17N5O/c21-20-23-9-12-8-11(4-7-16(12)25-20)14-2-1-3-17-18(14)15(10-22-17)19(26)24-13-5-6-13/h1-4,7-10,13,22H,5-6H2,(H,24,26)(H2,21,23,25). The Labute approximate surface area is 149 Å². The Hall–Kier alpha value is -3.41. The zero-order valence-electron chi connectivity index (χ0n) is 14.0. The maximum absolute atomic E-state index is 12.6. The molecule has 1 amide bonds. The monoisotopic (exact) mass is 343 g/mol. The zero-order valence-corrected chi connectivity index (χ0v) is 14.0. The maximum Gasteiger partial charge on any atom is 0.253 e. The van der Waals surface area contributed by atoms with Gasteiger partial charge in [0.2, 0.25) is 5.95 Å². The molecule has 0 spiro atoms. The smallest absolute Gasteiger partial charge is 0.253 e. The summed E-state index contributed by atoms with van der Waals surface area (Å²) in [7, 11) is 0. The van der Waals surface area contributed by atoms with Crippen LogP contribution < -0.4 is 11.1 Å². The lowest BCUT2D eigenvalue weighted by Gasteiger charge is -2.08. The van der Waals surface area contributed by atoms with Crippen LogP contribution >= 0.6 is 0 Å². The number of amides is 1. The summed E-state index contributed by atoms with van der Waals surface area (Å²) in [5.74, 6) is 0.236. The second-order valence-corrected chi connectivity index (χ2v) is 6.68. The number of hydrogen-bond acceptors (Lipinski definition) is 4. The molecular weight excluding hydrogens is 326 g/mol. The van der Waals surface area contributed by atoms with Crippen LogP contribution in [0.2, 0.25) is 0 Å². The summed E-state index contributed by atoms with van der Waals surface area (Å²) in [6, 6.07) is 12.3. The number of nitrogens with zero attached hydrogens (tertiary/aromatic N) is 2. The normalized spacial score (nSPS) is 14.0. The lowest BCUT2D eigenvalue weighted by Crippen LogP contribution is -2.25. The lowest BCUT2D eigenvalue weighted by atomic mass is 9.98. The first-order chi connectivity index (χ1) is 12.7. The maximum atomic E-state index is 12.6. The second-order valence-electron chi connectivity index (χ2n) is 6.68. The number of carbonyl (C=O) groups is 1. The summed E-state index contributed by atoms with van der Waals surface area (Å²) in [5.41, 5.74) is 10.1. The van der Waals surface area contributed by atoms with Crippen molar-refractivity contribution in [3.05, 3.63) is 54.4 Å². The van der Waals surface area contributed by atoms with Crippen LogP contribution in [-0.4, -0.2) is 26.9 Å². The van der Waals surface area contributed by atoms with Crippen molar-refractivity contribution in [3.63, 3.8) is 0 Å². The predicted molar refractivity (Wildman–Crippen MR) is 102 cm³/mol. The number of hydrogen-bond donors (Lipinski definition) is 3. The average Bonchev–Trinajstić information content (AvgIpc) is 3.35. The average molecular weight is 343 g/mol. The van der Waals surface area contributed by atoms with E-state index < -0.39 is 0 Å². The summed E-state index contributed by atoms with van der Waals surface area (Å²) >= 11 is 0. The van der Waals surface area contributed by atoms with E-state index in [1.807, 2.05) is 36.4 Å². The molecule has 2 aromatic heterocycles. The van der Waals surface area contributed by atoms with Crippen LogP contribution in [-0.2, 0) is 0 Å². The van der Waals surface area contributed by atoms with Crippen LogP contribution in [0.1, 0.15) is 23.2 Å². The van der Waals surface area contributed by atoms with E-state index in [9.17, 15) is 4.79 Å². The topological polar surface area (TPSA) is 96.7 Å². The highest BCUT2D eigenvalue weighted by Crippen LogP contribution is 2.33. The van der Waals surface area contributed by atoms with Crippen LogP contribution in [0.3, 0.4) is 0 Å². The SMILES string of the molecule is Nc1ncc2cc(-c3cccc4[nH]cc(C(=O)NC5CC5)c34)ccc2n1. The molecule has 6 nitrogen and oxygen atoms in total. The number of nitrogen functional groups attached to an aromatic ring is 1. The number of nitrogens with one attached hydrogen (secondary N) is 2. The van der Waals surface area contributed by atoms with Crippen LogP contribution in [0.25, 0.3) is 32.9 Å². The number of fused-ring (bicyclic) bond motifs is 2. The Morgan fingerprint density at radius 2 is 2.12 bits per heavy atom. The van der Waals surface area contributed by atoms with Crippen molar-refractivity contribution >= 4 is 33.7 Å². The summed E-state index contributed by atoms with van der Waals surface area (Å²) < 4.78 is 0. The molecule has 1 fully saturated rings. The Bertz CT molecular complexity index is 1160. The number of carbonyl (C=O) groups excluding carboxylic acids is 1. The predicted octanol–water partition coefficient (Wildman–Crippen LogP) is 3.25. The highest BCUT2D eigenvalue weighted by molar-refractivity contribution is 6.12. The van der Waals surface area contributed by atoms with Crippen molar-refractivity contribution in [3.8, 4) is 11.1 Å². The van der Waals surface area contributed by atoms with Gasteiger partial charge < -0.3 is 16.0 Å². The van der Waals surface area contributed by atoms with E-state index in [-0.39, 0.29) is 11.9 Å². The number of benzene rings is 2. The summed E-state index contributed by atoms with van der Waals surface area (Å²) in [4.78, 5) is 24.2. The van der Waals surface area contributed by atoms with Crippen molar-refractivity contribution in [1.82, 2.24) is 20.3 Å². The third kappa shape index (κ3) is 2.47. The van der Waals surface area contributed by atoms with Crippen LogP contribution in [0.15, 0.2) is 48.8 Å². The molecule has 1 aliphatic rings. The van der Waals surface area contributed by atoms with Gasteiger partial charge in [0.25, 0.3) is 5.91 Å². The minimum absolute atomic E-state index is 0.0249. The second kappa shape index (κ2) is 5.56. The molecule has 4 aromatic rings. The molecule has 2 aromatic carbocycles. The van der Waals surface area contributed by atoms with Gasteiger partial charge in [0.05, 0.1) is 11.1 Å². The molecule has 5 rings (SSSR count). The Morgan fingerprint density at radius 1 is 1.23 bits per heavy atom.